The molecule has 3 heteroatoms. The van der Waals surface area contributed by atoms with Gasteiger partial charge in [-0.25, -0.2) is 0 Å². The number of aryl methyl sites for hydroxylation is 2. The lowest BCUT2D eigenvalue weighted by Crippen LogP contribution is -2.52. The van der Waals surface area contributed by atoms with Gasteiger partial charge in [0, 0.05) is 31.4 Å². The molecule has 1 aromatic rings. The van der Waals surface area contributed by atoms with Crippen LogP contribution in [0.4, 0.5) is 5.69 Å². The number of benzene rings is 1. The minimum absolute atomic E-state index is 0.655. The van der Waals surface area contributed by atoms with Gasteiger partial charge < -0.3 is 10.2 Å². The Kier molecular flexibility index (Phi) is 4.83. The molecule has 1 fully saturated rings. The Hall–Kier alpha value is -1.06. The molecular formula is C16H27N3. The molecule has 1 heterocycles. The van der Waals surface area contributed by atoms with E-state index in [0.29, 0.717) is 6.04 Å². The van der Waals surface area contributed by atoms with E-state index in [1.165, 1.54) is 23.2 Å². The molecule has 0 amide bonds. The van der Waals surface area contributed by atoms with Crippen LogP contribution in [-0.2, 0) is 0 Å². The zero-order valence-electron chi connectivity index (χ0n) is 12.7. The summed E-state index contributed by atoms with van der Waals surface area (Å²) >= 11 is 0. The molecule has 2 rings (SSSR count). The fraction of sp³-hybridized carbons (Fsp3) is 0.625. The summed E-state index contributed by atoms with van der Waals surface area (Å²) in [7, 11) is 4.28. The molecule has 1 aliphatic heterocycles. The second-order valence-electron chi connectivity index (χ2n) is 5.76. The number of anilines is 1. The molecule has 0 aliphatic carbocycles. The van der Waals surface area contributed by atoms with Crippen molar-refractivity contribution in [1.29, 1.82) is 0 Å². The van der Waals surface area contributed by atoms with Crippen molar-refractivity contribution in [2.24, 2.45) is 0 Å². The van der Waals surface area contributed by atoms with Crippen molar-refractivity contribution in [1.82, 2.24) is 10.2 Å². The van der Waals surface area contributed by atoms with Gasteiger partial charge in [0.25, 0.3) is 0 Å². The van der Waals surface area contributed by atoms with E-state index < -0.39 is 0 Å². The van der Waals surface area contributed by atoms with Crippen molar-refractivity contribution < 1.29 is 0 Å². The summed E-state index contributed by atoms with van der Waals surface area (Å²) in [5.41, 5.74) is 4.16. The van der Waals surface area contributed by atoms with Crippen molar-refractivity contribution in [2.75, 3.05) is 45.2 Å². The Bertz CT molecular complexity index is 416. The molecule has 1 saturated heterocycles. The van der Waals surface area contributed by atoms with Crippen molar-refractivity contribution in [3.05, 3.63) is 29.3 Å². The van der Waals surface area contributed by atoms with Gasteiger partial charge in [0.15, 0.2) is 0 Å². The molecule has 106 valence electrons. The lowest BCUT2D eigenvalue weighted by atomic mass is 10.1. The van der Waals surface area contributed by atoms with Crippen LogP contribution in [0, 0.1) is 13.8 Å². The van der Waals surface area contributed by atoms with Crippen LogP contribution in [0.1, 0.15) is 17.5 Å². The average molecular weight is 261 g/mol. The molecule has 1 N–H and O–H groups in total. The number of hydrogen-bond acceptors (Lipinski definition) is 3. The Balaban J connectivity index is 2.08. The van der Waals surface area contributed by atoms with Crippen LogP contribution in [0.25, 0.3) is 0 Å². The Morgan fingerprint density at radius 2 is 2.05 bits per heavy atom. The lowest BCUT2D eigenvalue weighted by molar-refractivity contribution is 0.208. The predicted molar refractivity (Wildman–Crippen MR) is 83.1 cm³/mol. The van der Waals surface area contributed by atoms with E-state index in [9.17, 15) is 0 Å². The predicted octanol–water partition coefficient (Wildman–Crippen LogP) is 2.03. The van der Waals surface area contributed by atoms with E-state index in [1.807, 2.05) is 7.05 Å². The third kappa shape index (κ3) is 3.48. The van der Waals surface area contributed by atoms with E-state index >= 15 is 0 Å². The third-order valence-electron chi connectivity index (χ3n) is 4.20. The van der Waals surface area contributed by atoms with Gasteiger partial charge in [0.2, 0.25) is 0 Å². The van der Waals surface area contributed by atoms with Crippen LogP contribution >= 0.6 is 0 Å². The van der Waals surface area contributed by atoms with Crippen molar-refractivity contribution in [3.63, 3.8) is 0 Å². The van der Waals surface area contributed by atoms with E-state index in [2.05, 4.69) is 54.2 Å². The molecule has 0 bridgehead atoms. The molecular weight excluding hydrogens is 234 g/mol. The summed E-state index contributed by atoms with van der Waals surface area (Å²) in [6.07, 6.45) is 1.22. The molecule has 1 unspecified atom stereocenters. The van der Waals surface area contributed by atoms with Crippen molar-refractivity contribution in [2.45, 2.75) is 26.3 Å². The first-order valence-electron chi connectivity index (χ1n) is 7.29. The van der Waals surface area contributed by atoms with E-state index in [1.54, 1.807) is 0 Å². The molecule has 1 atom stereocenters. The van der Waals surface area contributed by atoms with Gasteiger partial charge in [0.1, 0.15) is 0 Å². The van der Waals surface area contributed by atoms with Gasteiger partial charge in [0.05, 0.1) is 0 Å². The number of nitrogens with one attached hydrogen (secondary N) is 1. The zero-order chi connectivity index (χ0) is 13.8. The Morgan fingerprint density at radius 1 is 1.26 bits per heavy atom. The highest BCUT2D eigenvalue weighted by atomic mass is 15.3. The molecule has 1 aromatic carbocycles. The zero-order valence-corrected chi connectivity index (χ0v) is 12.7. The molecule has 0 spiro atoms. The van der Waals surface area contributed by atoms with Gasteiger partial charge in [-0.1, -0.05) is 17.7 Å². The summed E-state index contributed by atoms with van der Waals surface area (Å²) in [6, 6.07) is 7.45. The van der Waals surface area contributed by atoms with Crippen LogP contribution in [0.2, 0.25) is 0 Å². The first kappa shape index (κ1) is 14.4. The lowest BCUT2D eigenvalue weighted by Gasteiger charge is -2.41. The molecule has 1 aliphatic rings. The summed E-state index contributed by atoms with van der Waals surface area (Å²) in [6.45, 7) is 8.91. The number of nitrogens with zero attached hydrogens (tertiary/aromatic N) is 2. The van der Waals surface area contributed by atoms with Crippen molar-refractivity contribution in [3.8, 4) is 0 Å². The highest BCUT2D eigenvalue weighted by Gasteiger charge is 2.24. The van der Waals surface area contributed by atoms with Gasteiger partial charge in [-0.2, -0.15) is 0 Å². The minimum atomic E-state index is 0.655. The molecule has 0 saturated carbocycles. The summed E-state index contributed by atoms with van der Waals surface area (Å²) in [4.78, 5) is 5.05. The van der Waals surface area contributed by atoms with Crippen molar-refractivity contribution >= 4 is 5.69 Å². The first-order valence-corrected chi connectivity index (χ1v) is 7.29. The monoisotopic (exact) mass is 261 g/mol. The number of likely N-dealkylation sites (N-methyl/N-ethyl adjacent to an activating group) is 1. The Labute approximate surface area is 117 Å². The van der Waals surface area contributed by atoms with Crippen LogP contribution < -0.4 is 10.2 Å². The first-order chi connectivity index (χ1) is 9.11. The fourth-order valence-electron chi connectivity index (χ4n) is 2.95. The maximum absolute atomic E-state index is 3.26. The van der Waals surface area contributed by atoms with E-state index in [4.69, 9.17) is 0 Å². The smallest absolute Gasteiger partial charge is 0.0397 e. The summed E-state index contributed by atoms with van der Waals surface area (Å²) in [5.74, 6) is 0. The van der Waals surface area contributed by atoms with Gasteiger partial charge >= 0.3 is 0 Å². The molecule has 0 aromatic heterocycles. The fourth-order valence-corrected chi connectivity index (χ4v) is 2.95. The van der Waals surface area contributed by atoms with Crippen LogP contribution in [0.15, 0.2) is 18.2 Å². The highest BCUT2D eigenvalue weighted by Crippen LogP contribution is 2.24. The standard InChI is InChI=1S/C16H27N3/c1-13-5-6-16(14(2)11-13)19-10-9-18(4)15(12-19)7-8-17-3/h5-6,11,15,17H,7-10,12H2,1-4H3. The second kappa shape index (κ2) is 6.40. The maximum Gasteiger partial charge on any atom is 0.0397 e. The van der Waals surface area contributed by atoms with E-state index in [-0.39, 0.29) is 0 Å². The number of rotatable bonds is 4. The molecule has 3 nitrogen and oxygen atoms in total. The molecule has 0 radical (unpaired) electrons. The summed E-state index contributed by atoms with van der Waals surface area (Å²) in [5, 5.41) is 3.26. The quantitative estimate of drug-likeness (QED) is 0.895. The van der Waals surface area contributed by atoms with Crippen LogP contribution in [0.5, 0.6) is 0 Å². The maximum atomic E-state index is 3.26. The third-order valence-corrected chi connectivity index (χ3v) is 4.20. The second-order valence-corrected chi connectivity index (χ2v) is 5.76. The number of piperazine rings is 1. The van der Waals surface area contributed by atoms with Crippen LogP contribution in [-0.4, -0.2) is 51.2 Å². The van der Waals surface area contributed by atoms with Gasteiger partial charge in [-0.3, -0.25) is 4.90 Å². The Morgan fingerprint density at radius 3 is 2.74 bits per heavy atom. The SMILES string of the molecule is CNCCC1CN(c2ccc(C)cc2C)CCN1C. The average Bonchev–Trinajstić information content (AvgIpc) is 2.38. The van der Waals surface area contributed by atoms with E-state index in [0.717, 1.165) is 26.2 Å². The molecule has 19 heavy (non-hydrogen) atoms. The summed E-state index contributed by atoms with van der Waals surface area (Å²) < 4.78 is 0. The minimum Gasteiger partial charge on any atom is -0.368 e. The largest absolute Gasteiger partial charge is 0.368 e. The highest BCUT2D eigenvalue weighted by molar-refractivity contribution is 5.54. The number of hydrogen-bond donors (Lipinski definition) is 1. The normalized spacial score (nSPS) is 20.8. The van der Waals surface area contributed by atoms with Gasteiger partial charge in [-0.15, -0.1) is 0 Å². The van der Waals surface area contributed by atoms with Crippen LogP contribution in [0.3, 0.4) is 0 Å². The topological polar surface area (TPSA) is 18.5 Å². The van der Waals surface area contributed by atoms with Gasteiger partial charge in [-0.05, 0) is 52.5 Å².